The average Bonchev–Trinajstić information content (AvgIpc) is 2.87. The first-order valence-corrected chi connectivity index (χ1v) is 12.6. The summed E-state index contributed by atoms with van der Waals surface area (Å²) < 4.78 is 46.5. The number of nitrogens with zero attached hydrogens (tertiary/aromatic N) is 2. The minimum Gasteiger partial charge on any atom is -0.378 e. The van der Waals surface area contributed by atoms with Crippen LogP contribution in [0.15, 0.2) is 48.7 Å². The van der Waals surface area contributed by atoms with E-state index in [2.05, 4.69) is 16.4 Å². The first-order valence-electron chi connectivity index (χ1n) is 12.6. The van der Waals surface area contributed by atoms with Gasteiger partial charge in [0.15, 0.2) is 0 Å². The molecule has 0 bridgehead atoms. The highest BCUT2D eigenvalue weighted by Crippen LogP contribution is 2.40. The Kier molecular flexibility index (Phi) is 7.51. The molecule has 3 aromatic rings. The highest BCUT2D eigenvalue weighted by molar-refractivity contribution is 5.92. The Labute approximate surface area is 216 Å². The number of halogens is 3. The van der Waals surface area contributed by atoms with Crippen LogP contribution in [0.1, 0.15) is 61.9 Å². The van der Waals surface area contributed by atoms with Gasteiger partial charge in [0.05, 0.1) is 16.7 Å². The van der Waals surface area contributed by atoms with Gasteiger partial charge in [0.1, 0.15) is 0 Å². The summed E-state index contributed by atoms with van der Waals surface area (Å²) in [5.74, 6) is 0.107. The van der Waals surface area contributed by atoms with Gasteiger partial charge in [0.2, 0.25) is 5.91 Å². The highest BCUT2D eigenvalue weighted by Gasteiger charge is 2.38. The van der Waals surface area contributed by atoms with Crippen LogP contribution in [-0.4, -0.2) is 36.0 Å². The summed E-state index contributed by atoms with van der Waals surface area (Å²) >= 11 is 0. The molecule has 0 unspecified atom stereocenters. The number of piperidine rings is 1. The van der Waals surface area contributed by atoms with E-state index in [-0.39, 0.29) is 23.4 Å². The zero-order valence-electron chi connectivity index (χ0n) is 21.9. The molecule has 8 heteroatoms. The molecule has 1 saturated heterocycles. The van der Waals surface area contributed by atoms with Crippen LogP contribution in [-0.2, 0) is 21.3 Å². The van der Waals surface area contributed by atoms with Gasteiger partial charge in [-0.05, 0) is 67.6 Å². The Balaban J connectivity index is 1.65. The number of carbonyl (C=O) groups is 1. The van der Waals surface area contributed by atoms with Gasteiger partial charge in [-0.2, -0.15) is 13.2 Å². The van der Waals surface area contributed by atoms with Crippen molar-refractivity contribution in [2.45, 2.75) is 58.4 Å². The van der Waals surface area contributed by atoms with Crippen molar-refractivity contribution in [2.75, 3.05) is 25.5 Å². The summed E-state index contributed by atoms with van der Waals surface area (Å²) in [6.45, 7) is 8.43. The summed E-state index contributed by atoms with van der Waals surface area (Å²) in [6, 6.07) is 11.8. The molecular formula is C29H34F3N3O2. The lowest BCUT2D eigenvalue weighted by Crippen LogP contribution is -2.47. The maximum Gasteiger partial charge on any atom is 0.416 e. The van der Waals surface area contributed by atoms with Crippen molar-refractivity contribution >= 4 is 22.5 Å². The van der Waals surface area contributed by atoms with E-state index in [0.717, 1.165) is 28.2 Å². The zero-order chi connectivity index (χ0) is 27.0. The van der Waals surface area contributed by atoms with Gasteiger partial charge in [0.25, 0.3) is 0 Å². The Hall–Kier alpha value is -3.13. The van der Waals surface area contributed by atoms with Crippen LogP contribution in [0.2, 0.25) is 0 Å². The van der Waals surface area contributed by atoms with Crippen LogP contribution >= 0.6 is 0 Å². The molecule has 198 valence electrons. The normalized spacial score (nSPS) is 16.7. The first-order chi connectivity index (χ1) is 17.5. The number of hydrogen-bond donors (Lipinski definition) is 1. The van der Waals surface area contributed by atoms with E-state index in [9.17, 15) is 18.0 Å². The Morgan fingerprint density at radius 1 is 1.11 bits per heavy atom. The lowest BCUT2D eigenvalue weighted by molar-refractivity contribution is -0.140. The zero-order valence-corrected chi connectivity index (χ0v) is 21.9. The molecular weight excluding hydrogens is 479 g/mol. The van der Waals surface area contributed by atoms with Gasteiger partial charge in [-0.25, -0.2) is 0 Å². The number of benzene rings is 2. The van der Waals surface area contributed by atoms with Crippen molar-refractivity contribution in [1.82, 2.24) is 9.88 Å². The number of pyridine rings is 1. The highest BCUT2D eigenvalue weighted by atomic mass is 19.4. The van der Waals surface area contributed by atoms with Crippen molar-refractivity contribution in [1.29, 1.82) is 0 Å². The molecule has 2 heterocycles. The number of hydrogen-bond acceptors (Lipinski definition) is 4. The van der Waals surface area contributed by atoms with Crippen LogP contribution in [0.5, 0.6) is 0 Å². The number of carbonyl (C=O) groups excluding carboxylic acids is 1. The van der Waals surface area contributed by atoms with Gasteiger partial charge in [-0.3, -0.25) is 9.78 Å². The topological polar surface area (TPSA) is 54.5 Å². The summed E-state index contributed by atoms with van der Waals surface area (Å²) in [7, 11) is 1.70. The van der Waals surface area contributed by atoms with Crippen molar-refractivity contribution in [3.05, 3.63) is 70.9 Å². The summed E-state index contributed by atoms with van der Waals surface area (Å²) in [6.07, 6.45) is -1.35. The molecule has 1 N–H and O–H groups in total. The second-order valence-electron chi connectivity index (χ2n) is 10.2. The maximum absolute atomic E-state index is 13.5. The van der Waals surface area contributed by atoms with E-state index in [0.29, 0.717) is 31.5 Å². The molecule has 37 heavy (non-hydrogen) atoms. The SMILES string of the molecule is COC1(c2ccc3nccc(N[C@H](C)c4cccc(C(F)(F)F)c4C)c3c2)CCN(C(=O)C(C)C)CC1. The van der Waals surface area contributed by atoms with Gasteiger partial charge in [-0.15, -0.1) is 0 Å². The molecule has 0 spiro atoms. The lowest BCUT2D eigenvalue weighted by atomic mass is 9.83. The van der Waals surface area contributed by atoms with Crippen molar-refractivity contribution < 1.29 is 22.7 Å². The molecule has 1 amide bonds. The molecule has 5 nitrogen and oxygen atoms in total. The molecule has 1 aromatic heterocycles. The number of alkyl halides is 3. The molecule has 1 fully saturated rings. The number of anilines is 1. The standard InChI is InChI=1S/C29H34F3N3O2/c1-18(2)27(36)35-15-12-28(37-5,13-16-35)21-9-10-25-23(17-21)26(11-14-33-25)34-20(4)22-7-6-8-24(19(22)3)29(30,31)32/h6-11,14,17-18,20H,12-13,15-16H2,1-5H3,(H,33,34)/t20-/m1/s1. The van der Waals surface area contributed by atoms with Crippen molar-refractivity contribution in [3.8, 4) is 0 Å². The molecule has 1 aliphatic heterocycles. The molecule has 1 aliphatic rings. The van der Waals surface area contributed by atoms with Crippen LogP contribution in [0.25, 0.3) is 10.9 Å². The molecule has 1 atom stereocenters. The van der Waals surface area contributed by atoms with Crippen LogP contribution < -0.4 is 5.32 Å². The van der Waals surface area contributed by atoms with Gasteiger partial charge in [0, 0.05) is 49.4 Å². The number of likely N-dealkylation sites (tertiary alicyclic amines) is 1. The van der Waals surface area contributed by atoms with Crippen LogP contribution in [0.4, 0.5) is 18.9 Å². The molecule has 0 aliphatic carbocycles. The summed E-state index contributed by atoms with van der Waals surface area (Å²) in [5, 5.41) is 4.28. The quantitative estimate of drug-likeness (QED) is 0.391. The first kappa shape index (κ1) is 26.9. The fourth-order valence-corrected chi connectivity index (χ4v) is 5.36. The number of aromatic nitrogens is 1. The van der Waals surface area contributed by atoms with Gasteiger partial charge < -0.3 is 15.0 Å². The summed E-state index contributed by atoms with van der Waals surface area (Å²) in [4.78, 5) is 18.9. The van der Waals surface area contributed by atoms with Crippen molar-refractivity contribution in [3.63, 3.8) is 0 Å². The minimum absolute atomic E-state index is 0.0436. The predicted octanol–water partition coefficient (Wildman–Crippen LogP) is 6.86. The largest absolute Gasteiger partial charge is 0.416 e. The van der Waals surface area contributed by atoms with E-state index >= 15 is 0 Å². The Morgan fingerprint density at radius 3 is 2.43 bits per heavy atom. The fraction of sp³-hybridized carbons (Fsp3) is 0.448. The number of ether oxygens (including phenoxy) is 1. The third kappa shape index (κ3) is 5.30. The smallest absolute Gasteiger partial charge is 0.378 e. The van der Waals surface area contributed by atoms with E-state index in [1.807, 2.05) is 43.9 Å². The molecule has 4 rings (SSSR count). The number of methoxy groups -OCH3 is 1. The molecule has 2 aromatic carbocycles. The van der Waals surface area contributed by atoms with E-state index in [4.69, 9.17) is 4.74 Å². The second-order valence-corrected chi connectivity index (χ2v) is 10.2. The van der Waals surface area contributed by atoms with E-state index in [1.54, 1.807) is 19.4 Å². The third-order valence-corrected chi connectivity index (χ3v) is 7.55. The van der Waals surface area contributed by atoms with Crippen LogP contribution in [0, 0.1) is 12.8 Å². The summed E-state index contributed by atoms with van der Waals surface area (Å²) in [5.41, 5.74) is 2.22. The van der Waals surface area contributed by atoms with E-state index < -0.39 is 17.3 Å². The van der Waals surface area contributed by atoms with Crippen molar-refractivity contribution in [2.24, 2.45) is 5.92 Å². The average molecular weight is 514 g/mol. The number of amides is 1. The Morgan fingerprint density at radius 2 is 1.81 bits per heavy atom. The monoisotopic (exact) mass is 513 g/mol. The van der Waals surface area contributed by atoms with E-state index in [1.165, 1.54) is 13.0 Å². The van der Waals surface area contributed by atoms with Gasteiger partial charge >= 0.3 is 6.18 Å². The second kappa shape index (κ2) is 10.3. The van der Waals surface area contributed by atoms with Gasteiger partial charge in [-0.1, -0.05) is 32.0 Å². The fourth-order valence-electron chi connectivity index (χ4n) is 5.36. The molecule has 0 radical (unpaired) electrons. The number of rotatable bonds is 6. The number of fused-ring (bicyclic) bond motifs is 1. The molecule has 0 saturated carbocycles. The minimum atomic E-state index is -4.40. The Bertz CT molecular complexity index is 1280. The number of nitrogens with one attached hydrogen (secondary N) is 1. The predicted molar refractivity (Wildman–Crippen MR) is 139 cm³/mol. The maximum atomic E-state index is 13.5. The van der Waals surface area contributed by atoms with Crippen LogP contribution in [0.3, 0.4) is 0 Å². The third-order valence-electron chi connectivity index (χ3n) is 7.55. The lowest BCUT2D eigenvalue weighted by Gasteiger charge is -2.41.